The van der Waals surface area contributed by atoms with Crippen LogP contribution >= 0.6 is 22.9 Å². The number of carbonyl (C=O) groups is 3. The zero-order valence-electron chi connectivity index (χ0n) is 27.9. The molecule has 22 heteroatoms. The van der Waals surface area contributed by atoms with E-state index in [1.54, 1.807) is 13.8 Å². The van der Waals surface area contributed by atoms with Crippen LogP contribution in [0.2, 0.25) is 5.02 Å². The molecule has 0 saturated carbocycles. The number of amides is 1. The molecule has 0 fully saturated rings. The van der Waals surface area contributed by atoms with E-state index in [4.69, 9.17) is 25.8 Å². The van der Waals surface area contributed by atoms with Crippen LogP contribution in [0.1, 0.15) is 41.7 Å². The van der Waals surface area contributed by atoms with E-state index in [1.165, 1.54) is 36.1 Å². The number of nitrogens with zero attached hydrogens (tertiary/aromatic N) is 4. The molecule has 0 spiro atoms. The van der Waals surface area contributed by atoms with E-state index in [9.17, 15) is 55.2 Å². The third kappa shape index (κ3) is 12.3. The fraction of sp³-hybridized carbons (Fsp3) is 0.281. The highest BCUT2D eigenvalue weighted by molar-refractivity contribution is 7.13. The lowest BCUT2D eigenvalue weighted by Crippen LogP contribution is -2.40. The Balaban J connectivity index is 0.000000297. The third-order valence-corrected chi connectivity index (χ3v) is 7.53. The molecule has 0 saturated heterocycles. The fourth-order valence-electron chi connectivity index (χ4n) is 4.10. The van der Waals surface area contributed by atoms with Gasteiger partial charge in [-0.15, -0.1) is 5.10 Å². The molecule has 0 N–H and O–H groups in total. The molecule has 13 nitrogen and oxygen atoms in total. The van der Waals surface area contributed by atoms with Crippen molar-refractivity contribution < 1.29 is 69.0 Å². The first-order valence-electron chi connectivity index (χ1n) is 15.0. The summed E-state index contributed by atoms with van der Waals surface area (Å²) in [6.07, 6.45) is -9.22. The topological polar surface area (TPSA) is 160 Å². The summed E-state index contributed by atoms with van der Waals surface area (Å²) in [5, 5.41) is 15.5. The molecule has 0 radical (unpaired) electrons. The van der Waals surface area contributed by atoms with E-state index in [1.807, 2.05) is 0 Å². The Morgan fingerprint density at radius 2 is 1.59 bits per heavy atom. The van der Waals surface area contributed by atoms with Crippen molar-refractivity contribution in [3.63, 3.8) is 0 Å². The van der Waals surface area contributed by atoms with Gasteiger partial charge in [0.2, 0.25) is 5.01 Å². The molecule has 0 aliphatic heterocycles. The Labute approximate surface area is 309 Å². The second-order valence-corrected chi connectivity index (χ2v) is 11.9. The number of ether oxygens (including phenoxy) is 4. The van der Waals surface area contributed by atoms with Crippen LogP contribution in [0.3, 0.4) is 0 Å². The first kappa shape index (κ1) is 42.8. The molecule has 4 aromatic rings. The standard InChI is InChI=1S/C18H13ClF3NO7.C14H13F4N3O2S/c1-2-28-16(24)9-29-17(25)12-8-11(4-5-14(12)23(26)27)30-15-6-3-10(7-13(15)19)18(20,21)22;1-8(2)21(10-5-3-9(15)4-6-10)11(22)7-23-13-20-19-12(24-13)14(16,17)18/h3-8H,2,9H2,1H3;3-6,8H,7H2,1-2H3. The highest BCUT2D eigenvalue weighted by atomic mass is 35.5. The summed E-state index contributed by atoms with van der Waals surface area (Å²) < 4.78 is 108. The number of hydrogen-bond donors (Lipinski definition) is 0. The highest BCUT2D eigenvalue weighted by Gasteiger charge is 2.36. The number of rotatable bonds is 12. The van der Waals surface area contributed by atoms with Gasteiger partial charge in [0.25, 0.3) is 16.8 Å². The van der Waals surface area contributed by atoms with Crippen molar-refractivity contribution >= 4 is 52.2 Å². The van der Waals surface area contributed by atoms with Crippen LogP contribution in [0.25, 0.3) is 0 Å². The molecule has 4 rings (SSSR count). The maximum absolute atomic E-state index is 13.0. The highest BCUT2D eigenvalue weighted by Crippen LogP contribution is 2.37. The Kier molecular flexibility index (Phi) is 14.6. The molecular weight excluding hydrogens is 785 g/mol. The van der Waals surface area contributed by atoms with Crippen LogP contribution < -0.4 is 14.4 Å². The number of hydrogen-bond acceptors (Lipinski definition) is 12. The van der Waals surface area contributed by atoms with Crippen LogP contribution in [-0.4, -0.2) is 58.8 Å². The van der Waals surface area contributed by atoms with Crippen molar-refractivity contribution in [2.75, 3.05) is 24.7 Å². The average molecular weight is 811 g/mol. The summed E-state index contributed by atoms with van der Waals surface area (Å²) in [6.45, 7) is 3.80. The molecular formula is C32H26ClF7N4O9S. The number of anilines is 1. The molecule has 3 aromatic carbocycles. The Bertz CT molecular complexity index is 1960. The maximum Gasteiger partial charge on any atom is 0.445 e. The molecule has 0 aliphatic carbocycles. The minimum atomic E-state index is -4.61. The number of alkyl halides is 6. The number of halogens is 8. The van der Waals surface area contributed by atoms with Gasteiger partial charge >= 0.3 is 24.3 Å². The molecule has 0 aliphatic rings. The summed E-state index contributed by atoms with van der Waals surface area (Å²) in [5.41, 5.74) is -1.71. The smallest absolute Gasteiger partial charge is 0.445 e. The van der Waals surface area contributed by atoms with Gasteiger partial charge in [-0.3, -0.25) is 14.9 Å². The van der Waals surface area contributed by atoms with Crippen molar-refractivity contribution in [2.45, 2.75) is 39.2 Å². The van der Waals surface area contributed by atoms with Gasteiger partial charge in [-0.1, -0.05) is 28.0 Å². The normalized spacial score (nSPS) is 11.3. The van der Waals surface area contributed by atoms with Crippen LogP contribution in [0.4, 0.5) is 42.1 Å². The lowest BCUT2D eigenvalue weighted by molar-refractivity contribution is -0.385. The van der Waals surface area contributed by atoms with Crippen LogP contribution in [0, 0.1) is 15.9 Å². The molecule has 1 heterocycles. The Morgan fingerprint density at radius 3 is 2.13 bits per heavy atom. The maximum atomic E-state index is 13.0. The van der Waals surface area contributed by atoms with Crippen LogP contribution in [-0.2, 0) is 31.4 Å². The van der Waals surface area contributed by atoms with Crippen molar-refractivity contribution in [3.8, 4) is 16.7 Å². The first-order valence-corrected chi connectivity index (χ1v) is 16.2. The lowest BCUT2D eigenvalue weighted by atomic mass is 10.1. The van der Waals surface area contributed by atoms with Gasteiger partial charge in [0.15, 0.2) is 13.2 Å². The molecule has 1 amide bonds. The fourth-order valence-corrected chi connectivity index (χ4v) is 4.88. The van der Waals surface area contributed by atoms with E-state index in [2.05, 4.69) is 14.9 Å². The second-order valence-electron chi connectivity index (χ2n) is 10.6. The number of esters is 2. The summed E-state index contributed by atoms with van der Waals surface area (Å²) in [5.74, 6) is -3.30. The predicted octanol–water partition coefficient (Wildman–Crippen LogP) is 8.30. The summed E-state index contributed by atoms with van der Waals surface area (Å²) in [4.78, 5) is 47.4. The molecule has 0 bridgehead atoms. The minimum absolute atomic E-state index is 0.0493. The van der Waals surface area contributed by atoms with Crippen molar-refractivity contribution in [1.82, 2.24) is 10.2 Å². The molecule has 0 atom stereocenters. The first-order chi connectivity index (χ1) is 25.2. The van der Waals surface area contributed by atoms with Crippen molar-refractivity contribution in [1.29, 1.82) is 0 Å². The van der Waals surface area contributed by atoms with Crippen molar-refractivity contribution in [2.24, 2.45) is 0 Å². The zero-order chi connectivity index (χ0) is 40.4. The molecule has 0 unspecified atom stereocenters. The number of nitro benzene ring substituents is 1. The van der Waals surface area contributed by atoms with E-state index >= 15 is 0 Å². The lowest BCUT2D eigenvalue weighted by Gasteiger charge is -2.26. The predicted molar refractivity (Wildman–Crippen MR) is 176 cm³/mol. The third-order valence-electron chi connectivity index (χ3n) is 6.36. The van der Waals surface area contributed by atoms with E-state index in [-0.39, 0.29) is 45.7 Å². The van der Waals surface area contributed by atoms with Crippen LogP contribution in [0.15, 0.2) is 60.7 Å². The number of benzene rings is 3. The van der Waals surface area contributed by atoms with Gasteiger partial charge in [-0.25, -0.2) is 14.0 Å². The van der Waals surface area contributed by atoms with Gasteiger partial charge in [0.05, 0.1) is 22.1 Å². The number of carbonyl (C=O) groups excluding carboxylic acids is 3. The average Bonchev–Trinajstić information content (AvgIpc) is 3.58. The Hall–Kier alpha value is -5.57. The number of aromatic nitrogens is 2. The van der Waals surface area contributed by atoms with Crippen molar-refractivity contribution in [3.05, 3.63) is 97.8 Å². The summed E-state index contributed by atoms with van der Waals surface area (Å²) in [7, 11) is 0. The molecule has 54 heavy (non-hydrogen) atoms. The van der Waals surface area contributed by atoms with Gasteiger partial charge < -0.3 is 23.8 Å². The SMILES string of the molecule is CC(C)N(C(=O)COc1nnc(C(F)(F)F)s1)c1ccc(F)cc1.CCOC(=O)COC(=O)c1cc(Oc2ccc(C(F)(F)F)cc2Cl)ccc1[N+](=O)[O-]. The molecule has 290 valence electrons. The monoisotopic (exact) mass is 810 g/mol. The molecule has 1 aromatic heterocycles. The summed E-state index contributed by atoms with van der Waals surface area (Å²) in [6, 6.07) is 10.4. The quantitative estimate of drug-likeness (QED) is 0.0586. The second kappa shape index (κ2) is 18.5. The van der Waals surface area contributed by atoms with Gasteiger partial charge in [0.1, 0.15) is 22.9 Å². The van der Waals surface area contributed by atoms with E-state index in [0.717, 1.165) is 30.3 Å². The van der Waals surface area contributed by atoms with Gasteiger partial charge in [-0.05, 0) is 69.3 Å². The summed E-state index contributed by atoms with van der Waals surface area (Å²) >= 11 is 6.02. The number of nitro groups is 1. The Morgan fingerprint density at radius 1 is 0.926 bits per heavy atom. The van der Waals surface area contributed by atoms with Gasteiger partial charge in [0, 0.05) is 23.9 Å². The largest absolute Gasteiger partial charge is 0.463 e. The van der Waals surface area contributed by atoms with E-state index in [0.29, 0.717) is 11.8 Å². The minimum Gasteiger partial charge on any atom is -0.463 e. The van der Waals surface area contributed by atoms with Crippen LogP contribution in [0.5, 0.6) is 16.7 Å². The van der Waals surface area contributed by atoms with Gasteiger partial charge in [-0.2, -0.15) is 26.3 Å². The zero-order valence-corrected chi connectivity index (χ0v) is 29.4. The van der Waals surface area contributed by atoms with E-state index < -0.39 is 76.0 Å².